The molecule has 0 radical (unpaired) electrons. The second kappa shape index (κ2) is 11.5. The summed E-state index contributed by atoms with van der Waals surface area (Å²) in [5.41, 5.74) is 1.04. The molecule has 1 amide bonds. The van der Waals surface area contributed by atoms with Gasteiger partial charge in [-0.15, -0.1) is 0 Å². The quantitative estimate of drug-likeness (QED) is 0.290. The Kier molecular flexibility index (Phi) is 7.70. The number of aromatic nitrogens is 4. The minimum atomic E-state index is -1.12. The first kappa shape index (κ1) is 25.5. The van der Waals surface area contributed by atoms with Gasteiger partial charge < -0.3 is 20.5 Å². The highest BCUT2D eigenvalue weighted by atomic mass is 19.2. The summed E-state index contributed by atoms with van der Waals surface area (Å²) in [4.78, 5) is 23.2. The van der Waals surface area contributed by atoms with Crippen molar-refractivity contribution in [3.8, 4) is 5.75 Å². The molecule has 1 atom stereocenters. The smallest absolute Gasteiger partial charge is 0.246 e. The van der Waals surface area contributed by atoms with Gasteiger partial charge in [0.1, 0.15) is 31.0 Å². The Bertz CT molecular complexity index is 1430. The maximum Gasteiger partial charge on any atom is 0.246 e. The third-order valence-corrected chi connectivity index (χ3v) is 6.39. The maximum atomic E-state index is 13.8. The van der Waals surface area contributed by atoms with Crippen molar-refractivity contribution in [3.63, 3.8) is 0 Å². The van der Waals surface area contributed by atoms with Gasteiger partial charge in [0, 0.05) is 30.2 Å². The number of fused-ring (bicyclic) bond motifs is 1. The number of amides is 1. The number of carbonyl (C=O) groups is 1. The number of hydrogen-bond donors (Lipinski definition) is 3. The summed E-state index contributed by atoms with van der Waals surface area (Å²) in [6.45, 7) is 2.21. The number of likely N-dealkylation sites (tertiary alicyclic amines) is 1. The number of benzene rings is 2. The highest BCUT2D eigenvalue weighted by Gasteiger charge is 2.23. The topological polar surface area (TPSA) is 117 Å². The lowest BCUT2D eigenvalue weighted by Gasteiger charge is -2.22. The number of rotatable bonds is 10. The Morgan fingerprint density at radius 2 is 2.11 bits per heavy atom. The van der Waals surface area contributed by atoms with Crippen molar-refractivity contribution >= 4 is 34.0 Å². The zero-order valence-electron chi connectivity index (χ0n) is 20.5. The lowest BCUT2D eigenvalue weighted by Crippen LogP contribution is -2.35. The monoisotopic (exact) mass is 523 g/mol. The normalized spacial score (nSPS) is 15.6. The molecule has 38 heavy (non-hydrogen) atoms. The summed E-state index contributed by atoms with van der Waals surface area (Å²) in [5, 5.41) is 19.9. The lowest BCUT2D eigenvalue weighted by atomic mass is 10.2. The average molecular weight is 524 g/mol. The summed E-state index contributed by atoms with van der Waals surface area (Å²) >= 11 is 0. The third-order valence-electron chi connectivity index (χ3n) is 6.39. The van der Waals surface area contributed by atoms with Crippen molar-refractivity contribution in [3.05, 3.63) is 66.8 Å². The molecule has 3 heterocycles. The number of nitrogens with one attached hydrogen (secondary N) is 2. The Labute approximate surface area is 217 Å². The first-order chi connectivity index (χ1) is 18.5. The van der Waals surface area contributed by atoms with Crippen LogP contribution < -0.4 is 15.4 Å². The number of aliphatic hydroxyl groups is 1. The van der Waals surface area contributed by atoms with E-state index in [2.05, 4.69) is 30.6 Å². The number of anilines is 3. The predicted molar refractivity (Wildman–Crippen MR) is 137 cm³/mol. The van der Waals surface area contributed by atoms with E-state index in [4.69, 9.17) is 4.74 Å². The van der Waals surface area contributed by atoms with E-state index in [0.29, 0.717) is 29.4 Å². The minimum Gasteiger partial charge on any atom is -0.492 e. The van der Waals surface area contributed by atoms with Crippen molar-refractivity contribution in [1.29, 1.82) is 0 Å². The molecule has 1 aliphatic rings. The van der Waals surface area contributed by atoms with E-state index in [1.807, 2.05) is 18.2 Å². The zero-order chi connectivity index (χ0) is 26.5. The Morgan fingerprint density at radius 3 is 2.97 bits per heavy atom. The molecule has 4 aromatic rings. The molecule has 1 fully saturated rings. The van der Waals surface area contributed by atoms with Gasteiger partial charge in [0.05, 0.1) is 29.7 Å². The molecule has 0 aliphatic carbocycles. The molecule has 0 unspecified atom stereocenters. The van der Waals surface area contributed by atoms with Crippen molar-refractivity contribution < 1.29 is 23.4 Å². The van der Waals surface area contributed by atoms with E-state index in [9.17, 15) is 18.7 Å². The van der Waals surface area contributed by atoms with E-state index >= 15 is 0 Å². The molecule has 1 saturated heterocycles. The van der Waals surface area contributed by atoms with Gasteiger partial charge in [-0.05, 0) is 43.7 Å². The highest BCUT2D eigenvalue weighted by molar-refractivity contribution is 5.92. The van der Waals surface area contributed by atoms with Crippen LogP contribution in [0.25, 0.3) is 10.9 Å². The van der Waals surface area contributed by atoms with Gasteiger partial charge in [-0.1, -0.05) is 6.07 Å². The van der Waals surface area contributed by atoms with Crippen LogP contribution in [0.5, 0.6) is 5.75 Å². The van der Waals surface area contributed by atoms with Crippen LogP contribution in [0.4, 0.5) is 26.0 Å². The fourth-order valence-corrected chi connectivity index (χ4v) is 4.49. The van der Waals surface area contributed by atoms with Crippen LogP contribution in [0.3, 0.4) is 0 Å². The van der Waals surface area contributed by atoms with Gasteiger partial charge >= 0.3 is 0 Å². The molecule has 2 aromatic carbocycles. The van der Waals surface area contributed by atoms with Crippen molar-refractivity contribution in [2.24, 2.45) is 0 Å². The number of hydrogen-bond acceptors (Lipinski definition) is 8. The molecule has 0 saturated carbocycles. The molecule has 5 rings (SSSR count). The second-order valence-electron chi connectivity index (χ2n) is 8.97. The Hall–Kier alpha value is -4.16. The van der Waals surface area contributed by atoms with Crippen LogP contribution in [0.1, 0.15) is 12.8 Å². The van der Waals surface area contributed by atoms with E-state index < -0.39 is 17.5 Å². The SMILES string of the molecule is O=C(Cn1cc(Nc2ncnc3cc(OCCN4CCC[C@@H]4CO)ccc23)cn1)Nc1cccc(F)c1F. The summed E-state index contributed by atoms with van der Waals surface area (Å²) in [6.07, 6.45) is 6.68. The summed E-state index contributed by atoms with van der Waals surface area (Å²) < 4.78 is 34.5. The van der Waals surface area contributed by atoms with E-state index in [1.165, 1.54) is 29.3 Å². The van der Waals surface area contributed by atoms with Crippen LogP contribution in [0.2, 0.25) is 0 Å². The summed E-state index contributed by atoms with van der Waals surface area (Å²) in [7, 11) is 0. The first-order valence-corrected chi connectivity index (χ1v) is 12.3. The van der Waals surface area contributed by atoms with Crippen LogP contribution in [-0.2, 0) is 11.3 Å². The average Bonchev–Trinajstić information content (AvgIpc) is 3.56. The molecule has 2 aromatic heterocycles. The fourth-order valence-electron chi connectivity index (χ4n) is 4.49. The van der Waals surface area contributed by atoms with Crippen molar-refractivity contribution in [1.82, 2.24) is 24.6 Å². The fraction of sp³-hybridized carbons (Fsp3) is 0.308. The van der Waals surface area contributed by atoms with Gasteiger partial charge in [0.15, 0.2) is 11.6 Å². The summed E-state index contributed by atoms with van der Waals surface area (Å²) in [6, 6.07) is 9.34. The Morgan fingerprint density at radius 1 is 1.21 bits per heavy atom. The van der Waals surface area contributed by atoms with Crippen LogP contribution >= 0.6 is 0 Å². The number of nitrogens with zero attached hydrogens (tertiary/aromatic N) is 5. The van der Waals surface area contributed by atoms with Crippen LogP contribution in [0.15, 0.2) is 55.1 Å². The van der Waals surface area contributed by atoms with Gasteiger partial charge in [-0.2, -0.15) is 5.10 Å². The predicted octanol–water partition coefficient (Wildman–Crippen LogP) is 3.32. The number of ether oxygens (including phenoxy) is 1. The number of halogens is 2. The molecule has 3 N–H and O–H groups in total. The van der Waals surface area contributed by atoms with Crippen LogP contribution in [-0.4, -0.2) is 68.0 Å². The molecule has 12 heteroatoms. The van der Waals surface area contributed by atoms with Gasteiger partial charge in [0.2, 0.25) is 5.91 Å². The molecule has 10 nitrogen and oxygen atoms in total. The van der Waals surface area contributed by atoms with E-state index in [0.717, 1.165) is 37.4 Å². The zero-order valence-corrected chi connectivity index (χ0v) is 20.5. The highest BCUT2D eigenvalue weighted by Crippen LogP contribution is 2.26. The molecule has 1 aliphatic heterocycles. The number of aliphatic hydroxyl groups excluding tert-OH is 1. The first-order valence-electron chi connectivity index (χ1n) is 12.3. The minimum absolute atomic E-state index is 0.170. The molecule has 0 spiro atoms. The third kappa shape index (κ3) is 5.87. The van der Waals surface area contributed by atoms with Crippen LogP contribution in [0, 0.1) is 11.6 Å². The molecular formula is C26H27F2N7O3. The molecule has 198 valence electrons. The van der Waals surface area contributed by atoms with Crippen molar-refractivity contribution in [2.75, 3.05) is 36.9 Å². The lowest BCUT2D eigenvalue weighted by molar-refractivity contribution is -0.116. The van der Waals surface area contributed by atoms with Gasteiger partial charge in [-0.3, -0.25) is 14.4 Å². The van der Waals surface area contributed by atoms with E-state index in [-0.39, 0.29) is 24.9 Å². The summed E-state index contributed by atoms with van der Waals surface area (Å²) in [5.74, 6) is -1.47. The second-order valence-corrected chi connectivity index (χ2v) is 8.97. The number of carbonyl (C=O) groups excluding carboxylic acids is 1. The van der Waals surface area contributed by atoms with Gasteiger partial charge in [-0.25, -0.2) is 18.7 Å². The maximum absolute atomic E-state index is 13.8. The standard InChI is InChI=1S/C26H27F2N7O3/c27-21-4-1-5-22(25(21)28)33-24(37)14-35-13-17(12-31-35)32-26-20-7-6-19(11-23(20)29-16-30-26)38-10-9-34-8-2-3-18(34)15-36/h1,4-7,11-13,16,18,36H,2-3,8-10,14-15H2,(H,33,37)(H,29,30,32)/t18-/m1/s1. The van der Waals surface area contributed by atoms with Crippen molar-refractivity contribution in [2.45, 2.75) is 25.4 Å². The van der Waals surface area contributed by atoms with E-state index in [1.54, 1.807) is 6.20 Å². The molecule has 0 bridgehead atoms. The Balaban J connectivity index is 1.19. The van der Waals surface area contributed by atoms with Gasteiger partial charge in [0.25, 0.3) is 0 Å². The largest absolute Gasteiger partial charge is 0.492 e. The molecular weight excluding hydrogens is 496 g/mol.